The van der Waals surface area contributed by atoms with Crippen LogP contribution >= 0.6 is 0 Å². The first kappa shape index (κ1) is 28.6. The SMILES string of the molecule is O=C1c2ccccc2C(=O)N1Cc1ccc2c(c1)=C1CC=2N=C2N=C(N=c3[nH]c(c4ccccc34)=NC3=NC(=N1)c1ccccc13)c1ccccc12. The summed E-state index contributed by atoms with van der Waals surface area (Å²) in [6.45, 7) is 0.131. The number of amides is 2. The summed E-state index contributed by atoms with van der Waals surface area (Å²) in [6.07, 6.45) is 0.425. The van der Waals surface area contributed by atoms with E-state index in [9.17, 15) is 9.59 Å². The first-order valence-corrected chi connectivity index (χ1v) is 17.0. The predicted octanol–water partition coefficient (Wildman–Crippen LogP) is 3.95. The third kappa shape index (κ3) is 4.18. The highest BCUT2D eigenvalue weighted by Crippen LogP contribution is 2.28. The summed E-state index contributed by atoms with van der Waals surface area (Å²) < 4.78 is 0. The molecular weight excluding hydrogens is 649 g/mol. The molecule has 0 fully saturated rings. The van der Waals surface area contributed by atoms with E-state index in [0.29, 0.717) is 51.9 Å². The van der Waals surface area contributed by atoms with Crippen molar-refractivity contribution in [3.05, 3.63) is 176 Å². The quantitative estimate of drug-likeness (QED) is 0.280. The average molecular weight is 673 g/mol. The number of hydrogen-bond acceptors (Lipinski definition) is 8. The van der Waals surface area contributed by atoms with Gasteiger partial charge < -0.3 is 4.98 Å². The van der Waals surface area contributed by atoms with Crippen molar-refractivity contribution in [3.63, 3.8) is 0 Å². The van der Waals surface area contributed by atoms with Gasteiger partial charge in [0.2, 0.25) is 0 Å². The second-order valence-electron chi connectivity index (χ2n) is 13.1. The summed E-state index contributed by atoms with van der Waals surface area (Å²) >= 11 is 0. The molecule has 1 N–H and O–H groups in total. The van der Waals surface area contributed by atoms with Crippen molar-refractivity contribution in [1.82, 2.24) is 9.88 Å². The zero-order valence-electron chi connectivity index (χ0n) is 27.3. The fourth-order valence-electron chi connectivity index (χ4n) is 7.61. The number of nitrogens with one attached hydrogen (secondary N) is 1. The van der Waals surface area contributed by atoms with E-state index in [0.717, 1.165) is 60.4 Å². The molecule has 2 amide bonds. The highest BCUT2D eigenvalue weighted by molar-refractivity contribution is 6.25. The zero-order valence-corrected chi connectivity index (χ0v) is 27.3. The summed E-state index contributed by atoms with van der Waals surface area (Å²) in [6, 6.07) is 36.8. The van der Waals surface area contributed by atoms with Gasteiger partial charge in [0.25, 0.3) is 11.8 Å². The third-order valence-electron chi connectivity index (χ3n) is 10.1. The van der Waals surface area contributed by atoms with Gasteiger partial charge in [-0.05, 0) is 23.8 Å². The maximum absolute atomic E-state index is 13.3. The fraction of sp³-hybridized carbons (Fsp3) is 0.0476. The van der Waals surface area contributed by atoms with E-state index in [1.54, 1.807) is 24.3 Å². The number of H-pyrrole nitrogens is 1. The largest absolute Gasteiger partial charge is 0.324 e. The van der Waals surface area contributed by atoms with E-state index in [4.69, 9.17) is 30.0 Å². The summed E-state index contributed by atoms with van der Waals surface area (Å²) in [5.74, 6) is 1.63. The van der Waals surface area contributed by atoms with Gasteiger partial charge in [0, 0.05) is 49.9 Å². The summed E-state index contributed by atoms with van der Waals surface area (Å²) in [4.78, 5) is 61.8. The molecule has 0 atom stereocenters. The number of benzene rings is 5. The molecule has 244 valence electrons. The highest BCUT2D eigenvalue weighted by Gasteiger charge is 2.35. The van der Waals surface area contributed by atoms with Crippen LogP contribution in [0.25, 0.3) is 22.2 Å². The molecule has 8 bridgehead atoms. The Morgan fingerprint density at radius 2 is 0.923 bits per heavy atom. The average Bonchev–Trinajstić information content (AvgIpc) is 3.96. The number of aromatic amines is 1. The Labute approximate surface area is 294 Å². The van der Waals surface area contributed by atoms with Crippen molar-refractivity contribution in [2.45, 2.75) is 13.0 Å². The minimum Gasteiger partial charge on any atom is -0.324 e. The zero-order chi connectivity index (χ0) is 34.5. The van der Waals surface area contributed by atoms with Crippen molar-refractivity contribution >= 4 is 57.3 Å². The number of imide groups is 1. The number of carbonyl (C=O) groups excluding carboxylic acids is 2. The second-order valence-corrected chi connectivity index (χ2v) is 13.1. The lowest BCUT2D eigenvalue weighted by molar-refractivity contribution is 0.0642. The highest BCUT2D eigenvalue weighted by atomic mass is 16.2. The smallest absolute Gasteiger partial charge is 0.261 e. The Hall–Kier alpha value is -7.20. The molecule has 0 unspecified atom stereocenters. The Kier molecular flexibility index (Phi) is 5.86. The Bertz CT molecular complexity index is 3040. The predicted molar refractivity (Wildman–Crippen MR) is 197 cm³/mol. The minimum absolute atomic E-state index is 0.131. The van der Waals surface area contributed by atoms with Crippen LogP contribution in [0.4, 0.5) is 0 Å². The molecule has 10 heteroatoms. The Morgan fingerprint density at radius 1 is 0.481 bits per heavy atom. The molecule has 6 aromatic rings. The number of nitrogens with zero attached hydrogens (tertiary/aromatic N) is 7. The van der Waals surface area contributed by atoms with E-state index < -0.39 is 0 Å². The van der Waals surface area contributed by atoms with Crippen LogP contribution in [-0.4, -0.2) is 45.0 Å². The van der Waals surface area contributed by atoms with Gasteiger partial charge in [0.1, 0.15) is 11.0 Å². The van der Waals surface area contributed by atoms with Crippen molar-refractivity contribution in [1.29, 1.82) is 0 Å². The van der Waals surface area contributed by atoms with Crippen molar-refractivity contribution in [2.75, 3.05) is 0 Å². The van der Waals surface area contributed by atoms with Gasteiger partial charge in [-0.1, -0.05) is 97.1 Å². The molecular formula is C42H24N8O2. The van der Waals surface area contributed by atoms with Crippen LogP contribution in [0.3, 0.4) is 0 Å². The molecule has 0 radical (unpaired) electrons. The number of aliphatic imine (C=N–C) groups is 4. The molecule has 10 nitrogen and oxygen atoms in total. The van der Waals surface area contributed by atoms with Gasteiger partial charge in [-0.3, -0.25) is 14.5 Å². The van der Waals surface area contributed by atoms with E-state index in [1.807, 2.05) is 91.0 Å². The Morgan fingerprint density at radius 3 is 1.44 bits per heavy atom. The number of fused-ring (bicyclic) bond motifs is 17. The van der Waals surface area contributed by atoms with Crippen LogP contribution in [0, 0.1) is 0 Å². The molecule has 0 saturated carbocycles. The maximum Gasteiger partial charge on any atom is 0.261 e. The molecule has 0 saturated heterocycles. The molecule has 5 aromatic carbocycles. The molecule has 0 spiro atoms. The number of hydrogen-bond donors (Lipinski definition) is 1. The number of amidine groups is 4. The fourth-order valence-corrected chi connectivity index (χ4v) is 7.61. The van der Waals surface area contributed by atoms with Gasteiger partial charge in [0.05, 0.1) is 29.1 Å². The minimum atomic E-state index is -0.296. The van der Waals surface area contributed by atoms with Crippen LogP contribution in [0.5, 0.6) is 0 Å². The maximum atomic E-state index is 13.3. The third-order valence-corrected chi connectivity index (χ3v) is 10.1. The molecule has 1 aliphatic carbocycles. The lowest BCUT2D eigenvalue weighted by Crippen LogP contribution is -2.31. The van der Waals surface area contributed by atoms with Crippen LogP contribution in [0.1, 0.15) is 55.0 Å². The Balaban J connectivity index is 1.16. The number of rotatable bonds is 2. The van der Waals surface area contributed by atoms with Crippen molar-refractivity contribution in [2.24, 2.45) is 30.0 Å². The molecule has 5 heterocycles. The normalized spacial score (nSPS) is 16.4. The first-order chi connectivity index (χ1) is 25.6. The van der Waals surface area contributed by atoms with Gasteiger partial charge >= 0.3 is 0 Å². The van der Waals surface area contributed by atoms with E-state index >= 15 is 0 Å². The molecule has 1 aromatic heterocycles. The van der Waals surface area contributed by atoms with Crippen LogP contribution in [0.2, 0.25) is 0 Å². The van der Waals surface area contributed by atoms with Gasteiger partial charge in [0.15, 0.2) is 23.3 Å². The van der Waals surface area contributed by atoms with Gasteiger partial charge in [-0.25, -0.2) is 30.0 Å². The van der Waals surface area contributed by atoms with Crippen LogP contribution in [0.15, 0.2) is 145 Å². The first-order valence-electron chi connectivity index (χ1n) is 17.0. The van der Waals surface area contributed by atoms with Crippen LogP contribution < -0.4 is 21.4 Å². The van der Waals surface area contributed by atoms with Gasteiger partial charge in [-0.15, -0.1) is 0 Å². The summed E-state index contributed by atoms with van der Waals surface area (Å²) in [7, 11) is 0. The monoisotopic (exact) mass is 672 g/mol. The van der Waals surface area contributed by atoms with E-state index in [1.165, 1.54) is 4.90 Å². The summed E-state index contributed by atoms with van der Waals surface area (Å²) in [5.41, 5.74) is 8.05. The lowest BCUT2D eigenvalue weighted by Gasteiger charge is -2.13. The molecule has 4 aliphatic heterocycles. The number of aromatic nitrogens is 1. The standard InChI is InChI=1S/C42H24N8O2/c51-41-30-15-7-8-16-31(30)42(52)50(41)21-22-17-18-23-32(19-22)34-20-33(23)43-35-24-9-1-3-11-26(24)37(45-35)47-39-28-13-5-6-14-29(28)40(49-39)48-38-27-12-4-2-10-25(27)36(44-34)46-38/h1-19H,20-21H2,(H,43,44,45,46,47,48,49). The molecule has 52 heavy (non-hydrogen) atoms. The number of carbonyl (C=O) groups is 2. The van der Waals surface area contributed by atoms with E-state index in [2.05, 4.69) is 4.98 Å². The van der Waals surface area contributed by atoms with Crippen molar-refractivity contribution in [3.8, 4) is 0 Å². The van der Waals surface area contributed by atoms with Crippen molar-refractivity contribution < 1.29 is 9.59 Å². The van der Waals surface area contributed by atoms with E-state index in [-0.39, 0.29) is 18.4 Å². The second kappa shape index (κ2) is 10.6. The lowest BCUT2D eigenvalue weighted by atomic mass is 10.1. The topological polar surface area (TPSA) is 127 Å². The van der Waals surface area contributed by atoms with Gasteiger partial charge in [-0.2, -0.15) is 0 Å². The summed E-state index contributed by atoms with van der Waals surface area (Å²) in [5, 5.41) is 3.61. The molecule has 5 aliphatic rings. The molecule has 11 rings (SSSR count). The van der Waals surface area contributed by atoms with Crippen LogP contribution in [-0.2, 0) is 6.54 Å².